The topological polar surface area (TPSA) is 98.7 Å². The van der Waals surface area contributed by atoms with E-state index in [-0.39, 0.29) is 23.8 Å². The van der Waals surface area contributed by atoms with Crippen molar-refractivity contribution >= 4 is 28.6 Å². The third kappa shape index (κ3) is 7.10. The Balaban J connectivity index is 1.14. The van der Waals surface area contributed by atoms with Gasteiger partial charge >= 0.3 is 5.97 Å². The number of carboxylic acid groups (broad SMARTS) is 1. The summed E-state index contributed by atoms with van der Waals surface area (Å²) in [5.74, 6) is -0.788. The molecule has 3 unspecified atom stereocenters. The maximum atomic E-state index is 13.3. The third-order valence-electron chi connectivity index (χ3n) is 9.24. The Morgan fingerprint density at radius 3 is 2.42 bits per heavy atom. The highest BCUT2D eigenvalue weighted by atomic mass is 16.4. The minimum absolute atomic E-state index is 0.131. The maximum absolute atomic E-state index is 13.3. The lowest BCUT2D eigenvalue weighted by molar-refractivity contribution is -0.140. The zero-order valence-electron chi connectivity index (χ0n) is 25.4. The van der Waals surface area contributed by atoms with Crippen molar-refractivity contribution in [2.24, 2.45) is 5.92 Å². The molecule has 7 nitrogen and oxygen atoms in total. The van der Waals surface area contributed by atoms with Gasteiger partial charge in [-0.3, -0.25) is 9.59 Å². The Hall–Kier alpha value is -4.13. The number of amides is 2. The van der Waals surface area contributed by atoms with Crippen molar-refractivity contribution in [2.45, 2.75) is 77.3 Å². The number of nitrogens with zero attached hydrogens (tertiary/aromatic N) is 1. The van der Waals surface area contributed by atoms with Crippen molar-refractivity contribution in [3.05, 3.63) is 94.7 Å². The molecule has 2 aliphatic heterocycles. The Bertz CT molecular complexity index is 1490. The lowest BCUT2D eigenvalue weighted by Gasteiger charge is -2.34. The Labute approximate surface area is 254 Å². The van der Waals surface area contributed by atoms with Crippen LogP contribution >= 0.6 is 0 Å². The van der Waals surface area contributed by atoms with Crippen LogP contribution in [0.25, 0.3) is 10.8 Å². The van der Waals surface area contributed by atoms with Gasteiger partial charge in [-0.25, -0.2) is 4.79 Å². The molecule has 3 aromatic carbocycles. The van der Waals surface area contributed by atoms with Crippen LogP contribution in [0.3, 0.4) is 0 Å². The SMILES string of the molecule is Cc1cc(C)c(C(=O)NC(CC2CCN(C(=O)CCC3NC=CCC3c3cccc4ccccc34)CC2)C(=O)O)c(C)c1. The Morgan fingerprint density at radius 2 is 1.70 bits per heavy atom. The average molecular weight is 582 g/mol. The number of nitrogens with one attached hydrogen (secondary N) is 2. The van der Waals surface area contributed by atoms with Crippen LogP contribution in [0.2, 0.25) is 0 Å². The summed E-state index contributed by atoms with van der Waals surface area (Å²) in [7, 11) is 0. The molecule has 7 heteroatoms. The molecular formula is C36H43N3O4. The van der Waals surface area contributed by atoms with E-state index < -0.39 is 12.0 Å². The number of aliphatic carboxylic acids is 1. The molecule has 1 saturated heterocycles. The van der Waals surface area contributed by atoms with Crippen LogP contribution in [-0.4, -0.2) is 53.0 Å². The molecule has 2 amide bonds. The molecule has 0 saturated carbocycles. The first kappa shape index (κ1) is 30.3. The number of benzene rings is 3. The first-order chi connectivity index (χ1) is 20.7. The van der Waals surface area contributed by atoms with Gasteiger partial charge in [0.15, 0.2) is 0 Å². The van der Waals surface area contributed by atoms with Gasteiger partial charge in [-0.2, -0.15) is 0 Å². The molecule has 3 atom stereocenters. The van der Waals surface area contributed by atoms with Gasteiger partial charge in [-0.15, -0.1) is 0 Å². The van der Waals surface area contributed by atoms with E-state index in [0.29, 0.717) is 37.4 Å². The molecule has 226 valence electrons. The number of carbonyl (C=O) groups excluding carboxylic acids is 2. The Kier molecular flexibility index (Phi) is 9.49. The number of carboxylic acids is 1. The molecule has 2 aliphatic rings. The van der Waals surface area contributed by atoms with E-state index in [9.17, 15) is 19.5 Å². The minimum atomic E-state index is -1.02. The fourth-order valence-corrected chi connectivity index (χ4v) is 7.07. The summed E-state index contributed by atoms with van der Waals surface area (Å²) in [5, 5.41) is 18.7. The molecular weight excluding hydrogens is 538 g/mol. The van der Waals surface area contributed by atoms with E-state index in [1.54, 1.807) is 0 Å². The van der Waals surface area contributed by atoms with Crippen molar-refractivity contribution in [1.29, 1.82) is 0 Å². The van der Waals surface area contributed by atoms with Gasteiger partial charge in [0.25, 0.3) is 5.91 Å². The lowest BCUT2D eigenvalue weighted by atomic mass is 9.82. The normalized spacial score (nSPS) is 19.6. The quantitative estimate of drug-likeness (QED) is 0.287. The number of likely N-dealkylation sites (tertiary alicyclic amines) is 1. The lowest BCUT2D eigenvalue weighted by Crippen LogP contribution is -2.45. The average Bonchev–Trinajstić information content (AvgIpc) is 2.99. The number of hydrogen-bond donors (Lipinski definition) is 3. The fraction of sp³-hybridized carbons (Fsp3) is 0.417. The van der Waals surface area contributed by atoms with Crippen molar-refractivity contribution in [3.63, 3.8) is 0 Å². The standard InChI is InChI=1S/C36H43N3O4/c1-23-20-24(2)34(25(3)21-23)35(41)38-32(36(42)43)22-26-15-18-39(19-16-26)33(40)14-13-31-30(12-7-17-37-31)29-11-6-9-27-8-4-5-10-28(27)29/h4-11,17,20-21,26,30-32,37H,12-16,18-19,22H2,1-3H3,(H,38,41)(H,42,43). The molecule has 0 spiro atoms. The molecule has 0 radical (unpaired) electrons. The molecule has 2 heterocycles. The molecule has 3 aromatic rings. The van der Waals surface area contributed by atoms with E-state index in [4.69, 9.17) is 0 Å². The van der Waals surface area contributed by atoms with E-state index in [2.05, 4.69) is 59.2 Å². The number of rotatable bonds is 9. The van der Waals surface area contributed by atoms with Gasteiger partial charge in [0.05, 0.1) is 0 Å². The number of aryl methyl sites for hydroxylation is 3. The summed E-state index contributed by atoms with van der Waals surface area (Å²) in [6, 6.07) is 18.0. The highest BCUT2D eigenvalue weighted by Crippen LogP contribution is 2.34. The summed E-state index contributed by atoms with van der Waals surface area (Å²) in [6.45, 7) is 6.96. The van der Waals surface area contributed by atoms with Crippen LogP contribution in [-0.2, 0) is 9.59 Å². The van der Waals surface area contributed by atoms with Crippen LogP contribution < -0.4 is 10.6 Å². The number of piperidine rings is 1. The van der Waals surface area contributed by atoms with Crippen LogP contribution in [0.5, 0.6) is 0 Å². The first-order valence-electron chi connectivity index (χ1n) is 15.5. The van der Waals surface area contributed by atoms with E-state index in [1.807, 2.05) is 44.0 Å². The summed E-state index contributed by atoms with van der Waals surface area (Å²) in [6.07, 6.45) is 8.18. The minimum Gasteiger partial charge on any atom is -0.480 e. The van der Waals surface area contributed by atoms with E-state index in [0.717, 1.165) is 42.4 Å². The molecule has 0 aliphatic carbocycles. The fourth-order valence-electron chi connectivity index (χ4n) is 7.07. The number of fused-ring (bicyclic) bond motifs is 1. The largest absolute Gasteiger partial charge is 0.480 e. The van der Waals surface area contributed by atoms with Gasteiger partial charge in [0, 0.05) is 37.0 Å². The smallest absolute Gasteiger partial charge is 0.326 e. The molecule has 43 heavy (non-hydrogen) atoms. The zero-order chi connectivity index (χ0) is 30.5. The summed E-state index contributed by atoms with van der Waals surface area (Å²) < 4.78 is 0. The first-order valence-corrected chi connectivity index (χ1v) is 15.5. The molecule has 5 rings (SSSR count). The van der Waals surface area contributed by atoms with Crippen LogP contribution in [0.4, 0.5) is 0 Å². The van der Waals surface area contributed by atoms with Gasteiger partial charge in [-0.1, -0.05) is 66.2 Å². The van der Waals surface area contributed by atoms with Crippen molar-refractivity contribution in [3.8, 4) is 0 Å². The second kappa shape index (κ2) is 13.4. The van der Waals surface area contributed by atoms with Crippen molar-refractivity contribution < 1.29 is 19.5 Å². The monoisotopic (exact) mass is 581 g/mol. The summed E-state index contributed by atoms with van der Waals surface area (Å²) in [4.78, 5) is 40.3. The highest BCUT2D eigenvalue weighted by Gasteiger charge is 2.31. The summed E-state index contributed by atoms with van der Waals surface area (Å²) in [5.41, 5.74) is 4.62. The van der Waals surface area contributed by atoms with Crippen molar-refractivity contribution in [2.75, 3.05) is 13.1 Å². The van der Waals surface area contributed by atoms with Gasteiger partial charge in [0.1, 0.15) is 6.04 Å². The van der Waals surface area contributed by atoms with Crippen LogP contribution in [0.1, 0.15) is 77.1 Å². The van der Waals surface area contributed by atoms with Gasteiger partial charge < -0.3 is 20.6 Å². The van der Waals surface area contributed by atoms with Crippen LogP contribution in [0, 0.1) is 26.7 Å². The van der Waals surface area contributed by atoms with Crippen LogP contribution in [0.15, 0.2) is 66.9 Å². The zero-order valence-corrected chi connectivity index (χ0v) is 25.4. The molecule has 3 N–H and O–H groups in total. The predicted molar refractivity (Wildman–Crippen MR) is 170 cm³/mol. The molecule has 0 aromatic heterocycles. The van der Waals surface area contributed by atoms with E-state index >= 15 is 0 Å². The molecule has 0 bridgehead atoms. The molecule has 1 fully saturated rings. The van der Waals surface area contributed by atoms with Gasteiger partial charge in [-0.05, 0) is 92.5 Å². The number of carbonyl (C=O) groups is 3. The van der Waals surface area contributed by atoms with Gasteiger partial charge in [0.2, 0.25) is 5.91 Å². The third-order valence-corrected chi connectivity index (χ3v) is 9.24. The number of allylic oxidation sites excluding steroid dienone is 1. The summed E-state index contributed by atoms with van der Waals surface area (Å²) >= 11 is 0. The van der Waals surface area contributed by atoms with Crippen molar-refractivity contribution in [1.82, 2.24) is 15.5 Å². The highest BCUT2D eigenvalue weighted by molar-refractivity contribution is 5.99. The number of hydrogen-bond acceptors (Lipinski definition) is 4. The van der Waals surface area contributed by atoms with E-state index in [1.165, 1.54) is 16.3 Å². The second-order valence-electron chi connectivity index (χ2n) is 12.3. The second-order valence-corrected chi connectivity index (χ2v) is 12.3. The maximum Gasteiger partial charge on any atom is 0.326 e. The predicted octanol–water partition coefficient (Wildman–Crippen LogP) is 6.02. The Morgan fingerprint density at radius 1 is 1.00 bits per heavy atom.